The van der Waals surface area contributed by atoms with E-state index in [9.17, 15) is 14.0 Å². The molecule has 1 atom stereocenters. The van der Waals surface area contributed by atoms with Crippen LogP contribution in [0.3, 0.4) is 0 Å². The van der Waals surface area contributed by atoms with Crippen LogP contribution >= 0.6 is 0 Å². The molecule has 1 aliphatic heterocycles. The monoisotopic (exact) mass is 367 g/mol. The van der Waals surface area contributed by atoms with Crippen LogP contribution in [0.5, 0.6) is 0 Å². The van der Waals surface area contributed by atoms with Crippen molar-refractivity contribution < 1.29 is 19.1 Å². The SMILES string of the molecule is Cc1ccc(-c2ccc(C(=O)N3CCC4(CC3)CC4C(=O)O)c(F)c2)cc1. The second-order valence-electron chi connectivity index (χ2n) is 7.81. The average Bonchev–Trinajstić information content (AvgIpc) is 3.36. The van der Waals surface area contributed by atoms with E-state index in [2.05, 4.69) is 0 Å². The molecule has 1 spiro atoms. The van der Waals surface area contributed by atoms with E-state index in [-0.39, 0.29) is 22.8 Å². The minimum atomic E-state index is -0.743. The van der Waals surface area contributed by atoms with Gasteiger partial charge in [-0.2, -0.15) is 0 Å². The molecule has 0 aromatic heterocycles. The zero-order valence-electron chi connectivity index (χ0n) is 15.2. The minimum absolute atomic E-state index is 0.0763. The number of carbonyl (C=O) groups is 2. The summed E-state index contributed by atoms with van der Waals surface area (Å²) in [6.07, 6.45) is 2.06. The Morgan fingerprint density at radius 1 is 1.07 bits per heavy atom. The largest absolute Gasteiger partial charge is 0.481 e. The molecule has 2 aromatic rings. The van der Waals surface area contributed by atoms with Crippen LogP contribution in [0.4, 0.5) is 4.39 Å². The molecule has 4 nitrogen and oxygen atoms in total. The van der Waals surface area contributed by atoms with Crippen LogP contribution in [-0.2, 0) is 4.79 Å². The summed E-state index contributed by atoms with van der Waals surface area (Å²) in [5.41, 5.74) is 2.72. The van der Waals surface area contributed by atoms with Crippen molar-refractivity contribution in [2.24, 2.45) is 11.3 Å². The summed E-state index contributed by atoms with van der Waals surface area (Å²) in [5.74, 6) is -1.86. The molecule has 1 saturated heterocycles. The predicted molar refractivity (Wildman–Crippen MR) is 99.9 cm³/mol. The average molecular weight is 367 g/mol. The van der Waals surface area contributed by atoms with Gasteiger partial charge in [-0.3, -0.25) is 9.59 Å². The maximum atomic E-state index is 14.6. The van der Waals surface area contributed by atoms with Gasteiger partial charge in [-0.1, -0.05) is 35.9 Å². The zero-order valence-corrected chi connectivity index (χ0v) is 15.2. The number of likely N-dealkylation sites (tertiary alicyclic amines) is 1. The Kier molecular flexibility index (Phi) is 4.25. The van der Waals surface area contributed by atoms with Gasteiger partial charge in [-0.25, -0.2) is 4.39 Å². The smallest absolute Gasteiger partial charge is 0.307 e. The fourth-order valence-electron chi connectivity index (χ4n) is 4.19. The van der Waals surface area contributed by atoms with Crippen molar-refractivity contribution in [2.75, 3.05) is 13.1 Å². The Balaban J connectivity index is 1.47. The van der Waals surface area contributed by atoms with E-state index in [4.69, 9.17) is 5.11 Å². The van der Waals surface area contributed by atoms with Crippen molar-refractivity contribution in [3.05, 3.63) is 59.4 Å². The molecule has 1 N–H and O–H groups in total. The van der Waals surface area contributed by atoms with Crippen molar-refractivity contribution in [3.8, 4) is 11.1 Å². The Hall–Kier alpha value is -2.69. The lowest BCUT2D eigenvalue weighted by Crippen LogP contribution is -2.40. The Bertz CT molecular complexity index is 898. The summed E-state index contributed by atoms with van der Waals surface area (Å²) in [5, 5.41) is 9.17. The molecule has 2 fully saturated rings. The number of amides is 1. The normalized spacial score (nSPS) is 20.5. The van der Waals surface area contributed by atoms with Crippen molar-refractivity contribution in [1.29, 1.82) is 0 Å². The number of hydrogen-bond donors (Lipinski definition) is 1. The fourth-order valence-corrected chi connectivity index (χ4v) is 4.19. The maximum absolute atomic E-state index is 14.6. The topological polar surface area (TPSA) is 57.6 Å². The quantitative estimate of drug-likeness (QED) is 0.887. The second-order valence-corrected chi connectivity index (χ2v) is 7.81. The summed E-state index contributed by atoms with van der Waals surface area (Å²) in [4.78, 5) is 25.5. The van der Waals surface area contributed by atoms with Gasteiger partial charge in [0.2, 0.25) is 0 Å². The molecule has 1 heterocycles. The van der Waals surface area contributed by atoms with Crippen molar-refractivity contribution in [2.45, 2.75) is 26.2 Å². The van der Waals surface area contributed by atoms with E-state index in [1.54, 1.807) is 17.0 Å². The van der Waals surface area contributed by atoms with Crippen LogP contribution in [-0.4, -0.2) is 35.0 Å². The Labute approximate surface area is 157 Å². The fraction of sp³-hybridized carbons (Fsp3) is 0.364. The lowest BCUT2D eigenvalue weighted by atomic mass is 9.90. The molecule has 1 amide bonds. The van der Waals surface area contributed by atoms with Crippen LogP contribution in [0, 0.1) is 24.1 Å². The number of halogens is 1. The van der Waals surface area contributed by atoms with Crippen LogP contribution in [0.1, 0.15) is 35.2 Å². The first-order valence-electron chi connectivity index (χ1n) is 9.28. The summed E-state index contributed by atoms with van der Waals surface area (Å²) in [7, 11) is 0. The van der Waals surface area contributed by atoms with E-state index >= 15 is 0 Å². The lowest BCUT2D eigenvalue weighted by Gasteiger charge is -2.32. The number of nitrogens with zero attached hydrogens (tertiary/aromatic N) is 1. The summed E-state index contributed by atoms with van der Waals surface area (Å²) >= 11 is 0. The molecular weight excluding hydrogens is 345 g/mol. The molecule has 140 valence electrons. The maximum Gasteiger partial charge on any atom is 0.307 e. The molecule has 1 aliphatic carbocycles. The van der Waals surface area contributed by atoms with E-state index in [0.29, 0.717) is 32.4 Å². The Morgan fingerprint density at radius 2 is 1.70 bits per heavy atom. The number of benzene rings is 2. The highest BCUT2D eigenvalue weighted by Gasteiger charge is 2.59. The summed E-state index contributed by atoms with van der Waals surface area (Å²) in [6, 6.07) is 12.5. The van der Waals surface area contributed by atoms with Gasteiger partial charge < -0.3 is 10.0 Å². The van der Waals surface area contributed by atoms with Crippen LogP contribution in [0.15, 0.2) is 42.5 Å². The third-order valence-corrected chi connectivity index (χ3v) is 6.12. The van der Waals surface area contributed by atoms with Crippen LogP contribution in [0.2, 0.25) is 0 Å². The molecule has 4 rings (SSSR count). The van der Waals surface area contributed by atoms with E-state index in [1.807, 2.05) is 31.2 Å². The van der Waals surface area contributed by atoms with Crippen molar-refractivity contribution in [3.63, 3.8) is 0 Å². The number of aryl methyl sites for hydroxylation is 1. The first kappa shape index (κ1) is 17.7. The molecule has 0 bridgehead atoms. The summed E-state index contributed by atoms with van der Waals surface area (Å²) < 4.78 is 14.6. The van der Waals surface area contributed by atoms with Crippen LogP contribution in [0.25, 0.3) is 11.1 Å². The standard InChI is InChI=1S/C22H22FNO3/c1-14-2-4-15(5-3-14)16-6-7-17(19(23)12-16)20(25)24-10-8-22(9-11-24)13-18(22)21(26)27/h2-7,12,18H,8-11,13H2,1H3,(H,26,27). The van der Waals surface area contributed by atoms with Crippen molar-refractivity contribution in [1.82, 2.24) is 4.90 Å². The van der Waals surface area contributed by atoms with Gasteiger partial charge in [0, 0.05) is 13.1 Å². The van der Waals surface area contributed by atoms with Crippen LogP contribution < -0.4 is 0 Å². The summed E-state index contributed by atoms with van der Waals surface area (Å²) in [6.45, 7) is 2.97. The molecule has 1 saturated carbocycles. The first-order chi connectivity index (χ1) is 12.9. The van der Waals surface area contributed by atoms with E-state index in [1.165, 1.54) is 6.07 Å². The number of carbonyl (C=O) groups excluding carboxylic acids is 1. The number of carboxylic acids is 1. The minimum Gasteiger partial charge on any atom is -0.481 e. The molecule has 2 aromatic carbocycles. The number of aliphatic carboxylic acids is 1. The van der Waals surface area contributed by atoms with Gasteiger partial charge in [0.1, 0.15) is 5.82 Å². The third-order valence-electron chi connectivity index (χ3n) is 6.12. The van der Waals surface area contributed by atoms with Gasteiger partial charge in [0.15, 0.2) is 0 Å². The predicted octanol–water partition coefficient (Wildman–Crippen LogP) is 4.13. The first-order valence-corrected chi connectivity index (χ1v) is 9.28. The van der Waals surface area contributed by atoms with Gasteiger partial charge in [-0.05, 0) is 54.9 Å². The van der Waals surface area contributed by atoms with Gasteiger partial charge in [0.25, 0.3) is 5.91 Å². The zero-order chi connectivity index (χ0) is 19.2. The molecular formula is C22H22FNO3. The highest BCUT2D eigenvalue weighted by Crippen LogP contribution is 2.59. The highest BCUT2D eigenvalue weighted by atomic mass is 19.1. The molecule has 1 unspecified atom stereocenters. The molecule has 5 heteroatoms. The Morgan fingerprint density at radius 3 is 2.26 bits per heavy atom. The van der Waals surface area contributed by atoms with Gasteiger partial charge in [0.05, 0.1) is 11.5 Å². The number of carboxylic acid groups (broad SMARTS) is 1. The molecule has 27 heavy (non-hydrogen) atoms. The van der Waals surface area contributed by atoms with Gasteiger partial charge in [-0.15, -0.1) is 0 Å². The molecule has 2 aliphatic rings. The number of piperidine rings is 1. The van der Waals surface area contributed by atoms with Gasteiger partial charge >= 0.3 is 5.97 Å². The van der Waals surface area contributed by atoms with E-state index in [0.717, 1.165) is 16.7 Å². The van der Waals surface area contributed by atoms with Crippen molar-refractivity contribution >= 4 is 11.9 Å². The second kappa shape index (κ2) is 6.48. The molecule has 0 radical (unpaired) electrons. The highest BCUT2D eigenvalue weighted by molar-refractivity contribution is 5.95. The lowest BCUT2D eigenvalue weighted by molar-refractivity contribution is -0.139. The third kappa shape index (κ3) is 3.22. The van der Waals surface area contributed by atoms with E-state index < -0.39 is 11.8 Å². The number of hydrogen-bond acceptors (Lipinski definition) is 2. The number of rotatable bonds is 3.